The Morgan fingerprint density at radius 2 is 1.26 bits per heavy atom. The van der Waals surface area contributed by atoms with E-state index in [1.165, 1.54) is 5.56 Å². The van der Waals surface area contributed by atoms with Gasteiger partial charge in [-0.25, -0.2) is 0 Å². The van der Waals surface area contributed by atoms with Crippen LogP contribution in [0.1, 0.15) is 0 Å². The van der Waals surface area contributed by atoms with E-state index in [0.717, 1.165) is 16.7 Å². The molecule has 0 saturated heterocycles. The van der Waals surface area contributed by atoms with Crippen LogP contribution < -0.4 is 5.73 Å². The smallest absolute Gasteiger partial charge is 0.0480 e. The SMILES string of the molecule is Nc1[c]ccc(-c2ccccc2)c1-c1ccccc1. The summed E-state index contributed by atoms with van der Waals surface area (Å²) in [5.74, 6) is 0. The lowest BCUT2D eigenvalue weighted by Gasteiger charge is -2.12. The van der Waals surface area contributed by atoms with Crippen LogP contribution in [-0.4, -0.2) is 0 Å². The van der Waals surface area contributed by atoms with Gasteiger partial charge >= 0.3 is 0 Å². The van der Waals surface area contributed by atoms with E-state index in [2.05, 4.69) is 36.4 Å². The van der Waals surface area contributed by atoms with Crippen molar-refractivity contribution in [3.8, 4) is 22.3 Å². The van der Waals surface area contributed by atoms with Crippen molar-refractivity contribution in [1.29, 1.82) is 0 Å². The van der Waals surface area contributed by atoms with E-state index >= 15 is 0 Å². The van der Waals surface area contributed by atoms with Crippen molar-refractivity contribution in [1.82, 2.24) is 0 Å². The molecule has 3 aromatic carbocycles. The standard InChI is InChI=1S/C18H14N/c19-17-13-7-12-16(14-8-3-1-4-9-14)18(17)15-10-5-2-6-11-15/h1-12H,19H2. The van der Waals surface area contributed by atoms with Gasteiger partial charge in [0.2, 0.25) is 0 Å². The van der Waals surface area contributed by atoms with Crippen molar-refractivity contribution in [2.45, 2.75) is 0 Å². The number of hydrogen-bond donors (Lipinski definition) is 1. The minimum absolute atomic E-state index is 0.688. The first kappa shape index (κ1) is 11.5. The molecule has 0 aliphatic carbocycles. The van der Waals surface area contributed by atoms with Crippen LogP contribution in [0.15, 0.2) is 72.8 Å². The predicted octanol–water partition coefficient (Wildman–Crippen LogP) is 4.40. The molecule has 0 spiro atoms. The molecule has 0 aliphatic rings. The molecule has 3 aromatic rings. The Kier molecular flexibility index (Phi) is 3.03. The number of rotatable bonds is 2. The summed E-state index contributed by atoms with van der Waals surface area (Å²) in [5, 5.41) is 0. The van der Waals surface area contributed by atoms with Crippen LogP contribution in [0.4, 0.5) is 5.69 Å². The van der Waals surface area contributed by atoms with Crippen LogP contribution in [0.2, 0.25) is 0 Å². The Labute approximate surface area is 113 Å². The monoisotopic (exact) mass is 244 g/mol. The maximum absolute atomic E-state index is 6.14. The Morgan fingerprint density at radius 3 is 1.89 bits per heavy atom. The minimum Gasteiger partial charge on any atom is -0.398 e. The summed E-state index contributed by atoms with van der Waals surface area (Å²) >= 11 is 0. The molecule has 0 amide bonds. The summed E-state index contributed by atoms with van der Waals surface area (Å²) < 4.78 is 0. The molecule has 0 aromatic heterocycles. The van der Waals surface area contributed by atoms with Gasteiger partial charge in [0.05, 0.1) is 0 Å². The average molecular weight is 244 g/mol. The van der Waals surface area contributed by atoms with E-state index in [1.54, 1.807) is 0 Å². The van der Waals surface area contributed by atoms with Gasteiger partial charge in [-0.05, 0) is 16.7 Å². The minimum atomic E-state index is 0.688. The third-order valence-corrected chi connectivity index (χ3v) is 3.17. The summed E-state index contributed by atoms with van der Waals surface area (Å²) in [4.78, 5) is 0. The molecule has 0 fully saturated rings. The van der Waals surface area contributed by atoms with E-state index in [1.807, 2.05) is 42.5 Å². The van der Waals surface area contributed by atoms with Gasteiger partial charge in [-0.1, -0.05) is 72.8 Å². The number of hydrogen-bond acceptors (Lipinski definition) is 1. The number of anilines is 1. The lowest BCUT2D eigenvalue weighted by atomic mass is 9.93. The van der Waals surface area contributed by atoms with Crippen molar-refractivity contribution >= 4 is 5.69 Å². The second kappa shape index (κ2) is 4.99. The quantitative estimate of drug-likeness (QED) is 0.664. The molecular weight excluding hydrogens is 230 g/mol. The first-order valence-corrected chi connectivity index (χ1v) is 6.27. The molecule has 2 N–H and O–H groups in total. The van der Waals surface area contributed by atoms with Crippen LogP contribution in [0, 0.1) is 6.07 Å². The summed E-state index contributed by atoms with van der Waals surface area (Å²) in [6.07, 6.45) is 0. The zero-order valence-corrected chi connectivity index (χ0v) is 10.5. The Balaban J connectivity index is 2.25. The van der Waals surface area contributed by atoms with Crippen molar-refractivity contribution in [2.75, 3.05) is 5.73 Å². The first-order chi connectivity index (χ1) is 9.36. The largest absolute Gasteiger partial charge is 0.398 e. The fourth-order valence-electron chi connectivity index (χ4n) is 2.29. The maximum Gasteiger partial charge on any atom is 0.0480 e. The molecule has 0 aliphatic heterocycles. The van der Waals surface area contributed by atoms with Gasteiger partial charge in [-0.15, -0.1) is 0 Å². The van der Waals surface area contributed by atoms with Crippen LogP contribution in [0.5, 0.6) is 0 Å². The van der Waals surface area contributed by atoms with Gasteiger partial charge in [0.1, 0.15) is 0 Å². The van der Waals surface area contributed by atoms with Crippen LogP contribution in [0.25, 0.3) is 22.3 Å². The molecule has 91 valence electrons. The van der Waals surface area contributed by atoms with E-state index in [4.69, 9.17) is 5.73 Å². The van der Waals surface area contributed by atoms with Crippen LogP contribution in [-0.2, 0) is 0 Å². The highest BCUT2D eigenvalue weighted by Crippen LogP contribution is 2.35. The van der Waals surface area contributed by atoms with Crippen LogP contribution >= 0.6 is 0 Å². The van der Waals surface area contributed by atoms with Crippen molar-refractivity contribution < 1.29 is 0 Å². The molecule has 1 radical (unpaired) electrons. The predicted molar refractivity (Wildman–Crippen MR) is 80.6 cm³/mol. The zero-order chi connectivity index (χ0) is 13.1. The molecule has 0 heterocycles. The summed E-state index contributed by atoms with van der Waals surface area (Å²) in [5.41, 5.74) is 11.3. The number of nitrogens with two attached hydrogens (primary N) is 1. The van der Waals surface area contributed by atoms with Gasteiger partial charge in [0, 0.05) is 17.3 Å². The Bertz CT molecular complexity index is 673. The molecule has 1 nitrogen and oxygen atoms in total. The molecule has 3 rings (SSSR count). The van der Waals surface area contributed by atoms with Gasteiger partial charge in [0.15, 0.2) is 0 Å². The number of benzene rings is 3. The Hall–Kier alpha value is -2.54. The van der Waals surface area contributed by atoms with Gasteiger partial charge in [-0.2, -0.15) is 0 Å². The maximum atomic E-state index is 6.14. The fourth-order valence-corrected chi connectivity index (χ4v) is 2.29. The van der Waals surface area contributed by atoms with Gasteiger partial charge in [-0.3, -0.25) is 0 Å². The summed E-state index contributed by atoms with van der Waals surface area (Å²) in [6.45, 7) is 0. The topological polar surface area (TPSA) is 26.0 Å². The van der Waals surface area contributed by atoms with Crippen molar-refractivity contribution in [2.24, 2.45) is 0 Å². The third kappa shape index (κ3) is 2.23. The number of nitrogen functional groups attached to an aromatic ring is 1. The van der Waals surface area contributed by atoms with Gasteiger partial charge in [0.25, 0.3) is 0 Å². The molecule has 0 saturated carbocycles. The fraction of sp³-hybridized carbons (Fsp3) is 0. The van der Waals surface area contributed by atoms with Crippen molar-refractivity contribution in [3.05, 3.63) is 78.9 Å². The lowest BCUT2D eigenvalue weighted by molar-refractivity contribution is 1.57. The average Bonchev–Trinajstić information content (AvgIpc) is 2.49. The third-order valence-electron chi connectivity index (χ3n) is 3.17. The van der Waals surface area contributed by atoms with E-state index in [9.17, 15) is 0 Å². The molecule has 1 heteroatoms. The molecule has 0 atom stereocenters. The lowest BCUT2D eigenvalue weighted by Crippen LogP contribution is -1.93. The van der Waals surface area contributed by atoms with E-state index < -0.39 is 0 Å². The molecular formula is C18H14N. The van der Waals surface area contributed by atoms with E-state index in [0.29, 0.717) is 5.69 Å². The highest BCUT2D eigenvalue weighted by atomic mass is 14.6. The van der Waals surface area contributed by atoms with E-state index in [-0.39, 0.29) is 0 Å². The zero-order valence-electron chi connectivity index (χ0n) is 10.5. The molecule has 0 unspecified atom stereocenters. The first-order valence-electron chi connectivity index (χ1n) is 6.27. The van der Waals surface area contributed by atoms with Crippen LogP contribution in [0.3, 0.4) is 0 Å². The summed E-state index contributed by atoms with van der Waals surface area (Å²) in [7, 11) is 0. The Morgan fingerprint density at radius 1 is 0.684 bits per heavy atom. The highest BCUT2D eigenvalue weighted by molar-refractivity contribution is 5.90. The second-order valence-corrected chi connectivity index (χ2v) is 4.41. The normalized spacial score (nSPS) is 10.3. The second-order valence-electron chi connectivity index (χ2n) is 4.41. The van der Waals surface area contributed by atoms with Gasteiger partial charge < -0.3 is 5.73 Å². The van der Waals surface area contributed by atoms with Crippen molar-refractivity contribution in [3.63, 3.8) is 0 Å². The summed E-state index contributed by atoms with van der Waals surface area (Å²) in [6, 6.07) is 27.5. The molecule has 19 heavy (non-hydrogen) atoms. The molecule has 0 bridgehead atoms. The highest BCUT2D eigenvalue weighted by Gasteiger charge is 2.09.